The smallest absolute Gasteiger partial charge is 0.257 e. The highest BCUT2D eigenvalue weighted by atomic mass is 16.5. The fourth-order valence-corrected chi connectivity index (χ4v) is 3.05. The van der Waals surface area contributed by atoms with E-state index in [-0.39, 0.29) is 12.0 Å². The number of para-hydroxylation sites is 1. The van der Waals surface area contributed by atoms with Crippen LogP contribution in [0.3, 0.4) is 0 Å². The van der Waals surface area contributed by atoms with Crippen molar-refractivity contribution in [2.75, 3.05) is 18.5 Å². The van der Waals surface area contributed by atoms with Crippen LogP contribution in [0.15, 0.2) is 53.5 Å². The summed E-state index contributed by atoms with van der Waals surface area (Å²) in [6, 6.07) is 15.6. The summed E-state index contributed by atoms with van der Waals surface area (Å²) < 4.78 is 5.65. The molecule has 1 saturated heterocycles. The Morgan fingerprint density at radius 1 is 1.19 bits per heavy atom. The van der Waals surface area contributed by atoms with E-state index in [0.29, 0.717) is 18.1 Å². The summed E-state index contributed by atoms with van der Waals surface area (Å²) in [5.74, 6) is 0.277. The molecule has 1 aliphatic rings. The van der Waals surface area contributed by atoms with Gasteiger partial charge in [0.15, 0.2) is 0 Å². The van der Waals surface area contributed by atoms with Crippen LogP contribution in [0.2, 0.25) is 0 Å². The van der Waals surface area contributed by atoms with Crippen LogP contribution in [0.5, 0.6) is 0 Å². The van der Waals surface area contributed by atoms with Gasteiger partial charge in [-0.15, -0.1) is 0 Å². The van der Waals surface area contributed by atoms with Crippen LogP contribution in [0.1, 0.15) is 41.3 Å². The van der Waals surface area contributed by atoms with Gasteiger partial charge in [0.2, 0.25) is 5.96 Å². The molecule has 0 spiro atoms. The Hall–Kier alpha value is -2.66. The van der Waals surface area contributed by atoms with E-state index in [1.165, 1.54) is 5.56 Å². The first-order valence-electron chi connectivity index (χ1n) is 9.54. The third-order valence-corrected chi connectivity index (χ3v) is 4.67. The molecule has 27 heavy (non-hydrogen) atoms. The van der Waals surface area contributed by atoms with Gasteiger partial charge in [0.05, 0.1) is 12.6 Å². The number of guanidine groups is 1. The topological polar surface area (TPSA) is 62.7 Å². The highest BCUT2D eigenvalue weighted by Gasteiger charge is 2.16. The van der Waals surface area contributed by atoms with Crippen LogP contribution in [0, 0.1) is 6.92 Å². The van der Waals surface area contributed by atoms with Gasteiger partial charge in [-0.2, -0.15) is 0 Å². The molecule has 142 valence electrons. The SMILES string of the molecule is CCc1ccccc1NC(=NC[C@H]1CCCO1)NC(=O)c1ccc(C)cc1. The molecule has 3 rings (SSSR count). The normalized spacial score (nSPS) is 17.0. The minimum atomic E-state index is -0.178. The number of hydrogen-bond donors (Lipinski definition) is 2. The Balaban J connectivity index is 1.77. The molecule has 0 bridgehead atoms. The average Bonchev–Trinajstić information content (AvgIpc) is 3.20. The van der Waals surface area contributed by atoms with Crippen molar-refractivity contribution >= 4 is 17.6 Å². The lowest BCUT2D eigenvalue weighted by atomic mass is 10.1. The van der Waals surface area contributed by atoms with Crippen LogP contribution in [0.25, 0.3) is 0 Å². The number of amides is 1. The summed E-state index contributed by atoms with van der Waals surface area (Å²) in [6.45, 7) is 5.43. The second kappa shape index (κ2) is 9.33. The molecule has 1 aliphatic heterocycles. The Morgan fingerprint density at radius 2 is 1.96 bits per heavy atom. The zero-order chi connectivity index (χ0) is 19.1. The second-order valence-corrected chi connectivity index (χ2v) is 6.78. The van der Waals surface area contributed by atoms with Gasteiger partial charge in [-0.25, -0.2) is 4.99 Å². The van der Waals surface area contributed by atoms with E-state index in [9.17, 15) is 4.79 Å². The van der Waals surface area contributed by atoms with Crippen molar-refractivity contribution in [2.24, 2.45) is 4.99 Å². The zero-order valence-corrected chi connectivity index (χ0v) is 16.0. The van der Waals surface area contributed by atoms with E-state index < -0.39 is 0 Å². The van der Waals surface area contributed by atoms with Gasteiger partial charge in [0.1, 0.15) is 0 Å². The van der Waals surface area contributed by atoms with Gasteiger partial charge in [0, 0.05) is 17.9 Å². The highest BCUT2D eigenvalue weighted by Crippen LogP contribution is 2.16. The molecule has 1 amide bonds. The number of nitrogens with zero attached hydrogens (tertiary/aromatic N) is 1. The molecule has 0 aromatic heterocycles. The summed E-state index contributed by atoms with van der Waals surface area (Å²) >= 11 is 0. The Morgan fingerprint density at radius 3 is 2.67 bits per heavy atom. The maximum Gasteiger partial charge on any atom is 0.257 e. The minimum absolute atomic E-state index is 0.125. The van der Waals surface area contributed by atoms with Gasteiger partial charge in [-0.3, -0.25) is 10.1 Å². The molecule has 1 atom stereocenters. The predicted molar refractivity (Wildman–Crippen MR) is 109 cm³/mol. The lowest BCUT2D eigenvalue weighted by Crippen LogP contribution is -2.37. The number of carbonyl (C=O) groups is 1. The first-order chi connectivity index (χ1) is 13.2. The molecule has 5 heteroatoms. The minimum Gasteiger partial charge on any atom is -0.376 e. The fourth-order valence-electron chi connectivity index (χ4n) is 3.05. The molecule has 1 fully saturated rings. The van der Waals surface area contributed by atoms with E-state index in [0.717, 1.165) is 37.1 Å². The lowest BCUT2D eigenvalue weighted by molar-refractivity contribution is 0.0975. The number of anilines is 1. The van der Waals surface area contributed by atoms with Gasteiger partial charge in [0.25, 0.3) is 5.91 Å². The van der Waals surface area contributed by atoms with E-state index in [1.807, 2.05) is 49.4 Å². The summed E-state index contributed by atoms with van der Waals surface area (Å²) in [4.78, 5) is 17.3. The first-order valence-corrected chi connectivity index (χ1v) is 9.54. The monoisotopic (exact) mass is 365 g/mol. The van der Waals surface area contributed by atoms with E-state index in [2.05, 4.69) is 28.6 Å². The molecule has 0 aliphatic carbocycles. The molecule has 2 aromatic carbocycles. The maximum atomic E-state index is 12.6. The summed E-state index contributed by atoms with van der Waals surface area (Å²) in [5.41, 5.74) is 3.85. The molecular formula is C22H27N3O2. The van der Waals surface area contributed by atoms with Crippen molar-refractivity contribution < 1.29 is 9.53 Å². The summed E-state index contributed by atoms with van der Waals surface area (Å²) in [7, 11) is 0. The van der Waals surface area contributed by atoms with Crippen LogP contribution in [0.4, 0.5) is 5.69 Å². The summed E-state index contributed by atoms with van der Waals surface area (Å²) in [6.07, 6.45) is 3.10. The lowest BCUT2D eigenvalue weighted by Gasteiger charge is -2.15. The number of aliphatic imine (C=N–C) groups is 1. The van der Waals surface area contributed by atoms with E-state index >= 15 is 0 Å². The van der Waals surface area contributed by atoms with Crippen molar-refractivity contribution in [2.45, 2.75) is 39.2 Å². The van der Waals surface area contributed by atoms with Crippen molar-refractivity contribution in [1.82, 2.24) is 5.32 Å². The molecule has 1 heterocycles. The first kappa shape index (κ1) is 19.1. The van der Waals surface area contributed by atoms with Gasteiger partial charge in [-0.05, 0) is 49.9 Å². The van der Waals surface area contributed by atoms with Crippen molar-refractivity contribution in [3.8, 4) is 0 Å². The molecule has 0 unspecified atom stereocenters. The number of aryl methyl sites for hydroxylation is 2. The Labute approximate surface area is 160 Å². The van der Waals surface area contributed by atoms with Crippen molar-refractivity contribution in [3.05, 3.63) is 65.2 Å². The molecule has 2 N–H and O–H groups in total. The molecule has 0 radical (unpaired) electrons. The quantitative estimate of drug-likeness (QED) is 0.623. The van der Waals surface area contributed by atoms with Crippen LogP contribution < -0.4 is 10.6 Å². The van der Waals surface area contributed by atoms with Crippen LogP contribution in [-0.2, 0) is 11.2 Å². The standard InChI is InChI=1S/C22H27N3O2/c1-3-17-7-4-5-9-20(17)24-22(23-15-19-8-6-14-27-19)25-21(26)18-12-10-16(2)11-13-18/h4-5,7,9-13,19H,3,6,8,14-15H2,1-2H3,(H2,23,24,25,26)/t19-/m1/s1. The third kappa shape index (κ3) is 5.41. The predicted octanol–water partition coefficient (Wildman–Crippen LogP) is 3.93. The number of nitrogens with one attached hydrogen (secondary N) is 2. The molecule has 0 saturated carbocycles. The highest BCUT2D eigenvalue weighted by molar-refractivity contribution is 6.10. The van der Waals surface area contributed by atoms with Crippen molar-refractivity contribution in [1.29, 1.82) is 0 Å². The number of hydrogen-bond acceptors (Lipinski definition) is 3. The molecule has 5 nitrogen and oxygen atoms in total. The Bertz CT molecular complexity index is 793. The van der Waals surface area contributed by atoms with Gasteiger partial charge in [-0.1, -0.05) is 42.8 Å². The zero-order valence-electron chi connectivity index (χ0n) is 16.0. The number of rotatable bonds is 5. The maximum absolute atomic E-state index is 12.6. The third-order valence-electron chi connectivity index (χ3n) is 4.67. The van der Waals surface area contributed by atoms with Crippen LogP contribution in [-0.4, -0.2) is 31.1 Å². The van der Waals surface area contributed by atoms with Gasteiger partial charge >= 0.3 is 0 Å². The van der Waals surface area contributed by atoms with E-state index in [4.69, 9.17) is 4.74 Å². The summed E-state index contributed by atoms with van der Waals surface area (Å²) in [5, 5.41) is 6.22. The number of carbonyl (C=O) groups excluding carboxylic acids is 1. The van der Waals surface area contributed by atoms with Crippen LogP contribution >= 0.6 is 0 Å². The van der Waals surface area contributed by atoms with Crippen molar-refractivity contribution in [3.63, 3.8) is 0 Å². The fraction of sp³-hybridized carbons (Fsp3) is 0.364. The Kier molecular flexibility index (Phi) is 6.60. The number of ether oxygens (including phenoxy) is 1. The second-order valence-electron chi connectivity index (χ2n) is 6.78. The molecular weight excluding hydrogens is 338 g/mol. The molecule has 2 aromatic rings. The van der Waals surface area contributed by atoms with E-state index in [1.54, 1.807) is 0 Å². The largest absolute Gasteiger partial charge is 0.376 e. The number of benzene rings is 2. The van der Waals surface area contributed by atoms with Gasteiger partial charge < -0.3 is 10.1 Å². The average molecular weight is 365 g/mol.